The number of alkyl halides is 3. The highest BCUT2D eigenvalue weighted by Crippen LogP contribution is 2.44. The molecule has 35 heavy (non-hydrogen) atoms. The molecule has 6 nitrogen and oxygen atoms in total. The van der Waals surface area contributed by atoms with Gasteiger partial charge in [-0.25, -0.2) is 14.4 Å². The number of nitrogen functional groups attached to an aromatic ring is 1. The number of nitrogens with two attached hydrogens (primary N) is 1. The maximum Gasteiger partial charge on any atom is 0.433 e. The topological polar surface area (TPSA) is 78.3 Å². The molecular formula is C24H22ClF4N5O. The van der Waals surface area contributed by atoms with Crippen LogP contribution in [0.25, 0.3) is 16.6 Å². The summed E-state index contributed by atoms with van der Waals surface area (Å²) in [6.07, 6.45) is -0.783. The minimum absolute atomic E-state index is 0.0759. The zero-order valence-corrected chi connectivity index (χ0v) is 20.0. The lowest BCUT2D eigenvalue weighted by Crippen LogP contribution is -2.13. The van der Waals surface area contributed by atoms with Crippen LogP contribution in [0.15, 0.2) is 36.8 Å². The van der Waals surface area contributed by atoms with Gasteiger partial charge in [-0.3, -0.25) is 9.38 Å². The Balaban J connectivity index is 1.95. The molecule has 3 aromatic heterocycles. The van der Waals surface area contributed by atoms with Crippen molar-refractivity contribution in [2.75, 3.05) is 5.73 Å². The van der Waals surface area contributed by atoms with Gasteiger partial charge in [-0.1, -0.05) is 24.6 Å². The highest BCUT2D eigenvalue weighted by molar-refractivity contribution is 6.31. The lowest BCUT2D eigenvalue weighted by Gasteiger charge is -2.23. The van der Waals surface area contributed by atoms with Crippen molar-refractivity contribution < 1.29 is 22.3 Å². The number of imidazole rings is 1. The SMILES string of the molecule is Cc1nc([C@@H](C)c2cc(Cl)c(F)c(-c3ccc(C(F)(F)F)nc3)c2OC(C)C)n2ccnc(N)c12. The summed E-state index contributed by atoms with van der Waals surface area (Å²) in [7, 11) is 0. The molecule has 0 radical (unpaired) electrons. The molecule has 0 saturated heterocycles. The number of halogens is 5. The largest absolute Gasteiger partial charge is 0.490 e. The Kier molecular flexibility index (Phi) is 6.35. The van der Waals surface area contributed by atoms with Crippen LogP contribution >= 0.6 is 11.6 Å². The summed E-state index contributed by atoms with van der Waals surface area (Å²) in [4.78, 5) is 12.2. The first kappa shape index (κ1) is 24.7. The van der Waals surface area contributed by atoms with Crippen molar-refractivity contribution in [2.24, 2.45) is 0 Å². The van der Waals surface area contributed by atoms with Crippen LogP contribution in [-0.4, -0.2) is 25.5 Å². The number of benzene rings is 1. The number of aromatic nitrogens is 4. The minimum Gasteiger partial charge on any atom is -0.490 e. The summed E-state index contributed by atoms with van der Waals surface area (Å²) in [5.74, 6) is -0.251. The third-order valence-electron chi connectivity index (χ3n) is 5.54. The number of fused-ring (bicyclic) bond motifs is 1. The second-order valence-electron chi connectivity index (χ2n) is 8.37. The quantitative estimate of drug-likeness (QED) is 0.315. The smallest absolute Gasteiger partial charge is 0.433 e. The first-order valence-electron chi connectivity index (χ1n) is 10.7. The van der Waals surface area contributed by atoms with E-state index in [1.807, 2.05) is 6.92 Å². The third-order valence-corrected chi connectivity index (χ3v) is 5.81. The van der Waals surface area contributed by atoms with Crippen molar-refractivity contribution in [3.05, 3.63) is 70.4 Å². The summed E-state index contributed by atoms with van der Waals surface area (Å²) < 4.78 is 62.3. The molecule has 11 heteroatoms. The van der Waals surface area contributed by atoms with Crippen LogP contribution in [0.1, 0.15) is 49.5 Å². The maximum atomic E-state index is 15.4. The normalized spacial score (nSPS) is 13.0. The second-order valence-corrected chi connectivity index (χ2v) is 8.78. The lowest BCUT2D eigenvalue weighted by atomic mass is 9.93. The predicted molar refractivity (Wildman–Crippen MR) is 125 cm³/mol. The average Bonchev–Trinajstić information content (AvgIpc) is 3.13. The van der Waals surface area contributed by atoms with Crippen molar-refractivity contribution in [3.63, 3.8) is 0 Å². The van der Waals surface area contributed by atoms with Crippen molar-refractivity contribution in [1.29, 1.82) is 0 Å². The van der Waals surface area contributed by atoms with E-state index in [9.17, 15) is 13.2 Å². The van der Waals surface area contributed by atoms with E-state index >= 15 is 4.39 Å². The molecule has 0 aliphatic rings. The Morgan fingerprint density at radius 3 is 2.46 bits per heavy atom. The Labute approximate surface area is 203 Å². The van der Waals surface area contributed by atoms with Gasteiger partial charge in [0.15, 0.2) is 5.82 Å². The molecule has 4 rings (SSSR count). The van der Waals surface area contributed by atoms with E-state index in [0.717, 1.165) is 18.3 Å². The van der Waals surface area contributed by atoms with E-state index < -0.39 is 23.6 Å². The molecule has 0 spiro atoms. The van der Waals surface area contributed by atoms with Gasteiger partial charge in [0, 0.05) is 35.6 Å². The molecule has 0 unspecified atom stereocenters. The second kappa shape index (κ2) is 8.99. The summed E-state index contributed by atoms with van der Waals surface area (Å²) >= 11 is 6.27. The van der Waals surface area contributed by atoms with Crippen molar-refractivity contribution in [3.8, 4) is 16.9 Å². The van der Waals surface area contributed by atoms with E-state index in [1.165, 1.54) is 6.07 Å². The first-order valence-corrected chi connectivity index (χ1v) is 11.1. The number of aryl methyl sites for hydroxylation is 1. The van der Waals surface area contributed by atoms with Crippen LogP contribution in [0.3, 0.4) is 0 Å². The van der Waals surface area contributed by atoms with Crippen molar-refractivity contribution >= 4 is 22.9 Å². The van der Waals surface area contributed by atoms with Gasteiger partial charge >= 0.3 is 6.18 Å². The van der Waals surface area contributed by atoms with Gasteiger partial charge in [-0.15, -0.1) is 0 Å². The highest BCUT2D eigenvalue weighted by atomic mass is 35.5. The van der Waals surface area contributed by atoms with E-state index in [2.05, 4.69) is 15.0 Å². The molecule has 0 aliphatic carbocycles. The highest BCUT2D eigenvalue weighted by Gasteiger charge is 2.33. The molecular weight excluding hydrogens is 486 g/mol. The zero-order valence-electron chi connectivity index (χ0n) is 19.3. The predicted octanol–water partition coefficient (Wildman–Crippen LogP) is 6.43. The molecule has 1 atom stereocenters. The standard InChI is InChI=1S/C24H22ClF4N5O/c1-11(2)35-21-15(12(3)23-33-13(4)20-22(30)31-7-8-34(20)23)9-16(25)19(26)18(21)14-5-6-17(32-10-14)24(27,28)29/h5-12H,1-4H3,(H2,30,31)/t12-/m0/s1. The summed E-state index contributed by atoms with van der Waals surface area (Å²) in [5, 5.41) is -0.211. The zero-order chi connectivity index (χ0) is 25.7. The van der Waals surface area contributed by atoms with E-state index in [4.69, 9.17) is 22.1 Å². The Bertz CT molecular complexity index is 1400. The number of rotatable bonds is 5. The number of hydrogen-bond donors (Lipinski definition) is 1. The molecule has 2 N–H and O–H groups in total. The molecule has 0 bridgehead atoms. The molecule has 3 heterocycles. The van der Waals surface area contributed by atoms with Crippen LogP contribution in [0.5, 0.6) is 5.75 Å². The molecule has 4 aromatic rings. The van der Waals surface area contributed by atoms with Gasteiger partial charge in [0.05, 0.1) is 22.4 Å². The number of hydrogen-bond acceptors (Lipinski definition) is 5. The molecule has 0 saturated carbocycles. The fraction of sp³-hybridized carbons (Fsp3) is 0.292. The van der Waals surface area contributed by atoms with Gasteiger partial charge in [-0.2, -0.15) is 13.2 Å². The molecule has 0 fully saturated rings. The van der Waals surface area contributed by atoms with Crippen LogP contribution in [0.2, 0.25) is 5.02 Å². The fourth-order valence-electron chi connectivity index (χ4n) is 3.99. The number of nitrogens with zero attached hydrogens (tertiary/aromatic N) is 4. The third kappa shape index (κ3) is 4.50. The van der Waals surface area contributed by atoms with Gasteiger partial charge < -0.3 is 10.5 Å². The average molecular weight is 508 g/mol. The number of pyridine rings is 1. The molecule has 0 amide bonds. The summed E-state index contributed by atoms with van der Waals surface area (Å²) in [6, 6.07) is 3.38. The van der Waals surface area contributed by atoms with Crippen LogP contribution in [0.4, 0.5) is 23.4 Å². The molecule has 0 aliphatic heterocycles. The van der Waals surface area contributed by atoms with E-state index in [1.54, 1.807) is 37.6 Å². The van der Waals surface area contributed by atoms with Crippen LogP contribution in [0, 0.1) is 12.7 Å². The lowest BCUT2D eigenvalue weighted by molar-refractivity contribution is -0.141. The van der Waals surface area contributed by atoms with E-state index in [-0.39, 0.29) is 28.0 Å². The van der Waals surface area contributed by atoms with E-state index in [0.29, 0.717) is 28.4 Å². The summed E-state index contributed by atoms with van der Waals surface area (Å²) in [6.45, 7) is 7.16. The first-order chi connectivity index (χ1) is 16.4. The van der Waals surface area contributed by atoms with Gasteiger partial charge in [-0.05, 0) is 32.9 Å². The van der Waals surface area contributed by atoms with Gasteiger partial charge in [0.2, 0.25) is 0 Å². The molecule has 184 valence electrons. The molecule has 1 aromatic carbocycles. The van der Waals surface area contributed by atoms with Crippen LogP contribution < -0.4 is 10.5 Å². The van der Waals surface area contributed by atoms with Crippen molar-refractivity contribution in [2.45, 2.75) is 45.9 Å². The Morgan fingerprint density at radius 2 is 1.86 bits per heavy atom. The van der Waals surface area contributed by atoms with Crippen molar-refractivity contribution in [1.82, 2.24) is 19.4 Å². The van der Waals surface area contributed by atoms with Gasteiger partial charge in [0.1, 0.15) is 28.6 Å². The Hall–Kier alpha value is -3.40. The summed E-state index contributed by atoms with van der Waals surface area (Å²) in [5.41, 5.74) is 6.77. The number of ether oxygens (including phenoxy) is 1. The monoisotopic (exact) mass is 507 g/mol. The maximum absolute atomic E-state index is 15.4. The fourth-order valence-corrected chi connectivity index (χ4v) is 4.21. The van der Waals surface area contributed by atoms with Gasteiger partial charge in [0.25, 0.3) is 0 Å². The van der Waals surface area contributed by atoms with Crippen LogP contribution in [-0.2, 0) is 6.18 Å². The number of anilines is 1. The Morgan fingerprint density at radius 1 is 1.14 bits per heavy atom. The minimum atomic E-state index is -4.63.